The van der Waals surface area contributed by atoms with Crippen molar-refractivity contribution in [3.8, 4) is 22.3 Å². The second-order valence-electron chi connectivity index (χ2n) is 13.0. The highest BCUT2D eigenvalue weighted by atomic mass is 14.7. The van der Waals surface area contributed by atoms with Crippen molar-refractivity contribution < 1.29 is 0 Å². The van der Waals surface area contributed by atoms with Gasteiger partial charge in [-0.3, -0.25) is 9.97 Å². The van der Waals surface area contributed by atoms with Crippen molar-refractivity contribution in [2.75, 3.05) is 0 Å². The van der Waals surface area contributed by atoms with Gasteiger partial charge in [-0.15, -0.1) is 0 Å². The molecule has 6 aromatic rings. The first kappa shape index (κ1) is 35.0. The molecule has 51 heavy (non-hydrogen) atoms. The molecule has 0 aliphatic rings. The lowest BCUT2D eigenvalue weighted by Gasteiger charge is -2.19. The van der Waals surface area contributed by atoms with Crippen molar-refractivity contribution in [2.24, 2.45) is 5.92 Å². The molecule has 0 radical (unpaired) electrons. The van der Waals surface area contributed by atoms with Crippen LogP contribution in [-0.4, -0.2) is 9.97 Å². The largest absolute Gasteiger partial charge is 0.257 e. The molecule has 0 amide bonds. The highest BCUT2D eigenvalue weighted by molar-refractivity contribution is 6.20. The lowest BCUT2D eigenvalue weighted by Crippen LogP contribution is -1.95. The molecule has 2 aromatic heterocycles. The Morgan fingerprint density at radius 3 is 2.16 bits per heavy atom. The number of rotatable bonds is 12. The Morgan fingerprint density at radius 2 is 1.43 bits per heavy atom. The number of pyridine rings is 2. The second kappa shape index (κ2) is 16.7. The Balaban J connectivity index is 1.56. The molecule has 2 heteroatoms. The molecule has 0 aliphatic heterocycles. The third-order valence-electron chi connectivity index (χ3n) is 9.41. The number of allylic oxidation sites excluding steroid dienone is 11. The molecule has 2 nitrogen and oxygen atoms in total. The van der Waals surface area contributed by atoms with Crippen LogP contribution in [0.1, 0.15) is 57.5 Å². The fourth-order valence-corrected chi connectivity index (χ4v) is 6.35. The Kier molecular flexibility index (Phi) is 11.5. The number of aromatic nitrogens is 2. The summed E-state index contributed by atoms with van der Waals surface area (Å²) in [5, 5.41) is 4.78. The number of nitrogens with zero attached hydrogens (tertiary/aromatic N) is 2. The van der Waals surface area contributed by atoms with Crippen LogP contribution in [0.25, 0.3) is 60.5 Å². The standard InChI is InChI=1S/C49H46N2/c1-6-8-20-39(27-26-37(5)46-25-16-17-32-50-46)48-42-23-14-15-24-43(42)49(44-30-28-40(33-45(44)48)38-21-10-9-11-22-38)41-29-31-47(51-34-41)36(4)19-13-12-18-35(3)7-2/h8-35H,4,6-7H2,1-3,5H3/b18-12-,19-13-,20-8-,37-26+,39-27+. The van der Waals surface area contributed by atoms with Crippen LogP contribution in [0.3, 0.4) is 0 Å². The number of fused-ring (bicyclic) bond motifs is 2. The van der Waals surface area contributed by atoms with Gasteiger partial charge in [0.2, 0.25) is 0 Å². The summed E-state index contributed by atoms with van der Waals surface area (Å²) >= 11 is 0. The second-order valence-corrected chi connectivity index (χ2v) is 13.0. The zero-order valence-corrected chi connectivity index (χ0v) is 30.2. The zero-order valence-electron chi connectivity index (χ0n) is 30.2. The molecule has 0 fully saturated rings. The van der Waals surface area contributed by atoms with Crippen LogP contribution in [0, 0.1) is 5.92 Å². The first-order chi connectivity index (χ1) is 25.0. The summed E-state index contributed by atoms with van der Waals surface area (Å²) in [7, 11) is 0. The van der Waals surface area contributed by atoms with Crippen LogP contribution in [0.5, 0.6) is 0 Å². The minimum atomic E-state index is 0.557. The van der Waals surface area contributed by atoms with Crippen molar-refractivity contribution in [3.63, 3.8) is 0 Å². The van der Waals surface area contributed by atoms with Gasteiger partial charge in [0.1, 0.15) is 0 Å². The van der Waals surface area contributed by atoms with Crippen molar-refractivity contribution in [2.45, 2.75) is 40.5 Å². The maximum absolute atomic E-state index is 4.93. The molecule has 0 saturated heterocycles. The van der Waals surface area contributed by atoms with Gasteiger partial charge in [-0.05, 0) is 104 Å². The Labute approximate surface area is 303 Å². The predicted molar refractivity (Wildman–Crippen MR) is 222 cm³/mol. The van der Waals surface area contributed by atoms with Crippen molar-refractivity contribution in [3.05, 3.63) is 188 Å². The van der Waals surface area contributed by atoms with E-state index < -0.39 is 0 Å². The lowest BCUT2D eigenvalue weighted by molar-refractivity contribution is 0.698. The Morgan fingerprint density at radius 1 is 0.686 bits per heavy atom. The molecule has 1 unspecified atom stereocenters. The average Bonchev–Trinajstić information content (AvgIpc) is 3.19. The first-order valence-electron chi connectivity index (χ1n) is 18.0. The van der Waals surface area contributed by atoms with Crippen molar-refractivity contribution >= 4 is 38.3 Å². The monoisotopic (exact) mass is 662 g/mol. The highest BCUT2D eigenvalue weighted by Crippen LogP contribution is 2.43. The molecule has 0 aliphatic carbocycles. The van der Waals surface area contributed by atoms with Gasteiger partial charge in [-0.2, -0.15) is 0 Å². The molecule has 4 aromatic carbocycles. The Bertz CT molecular complexity index is 2280. The van der Waals surface area contributed by atoms with E-state index in [1.807, 2.05) is 30.6 Å². The fraction of sp³-hybridized carbons (Fsp3) is 0.143. The van der Waals surface area contributed by atoms with Gasteiger partial charge in [0.15, 0.2) is 0 Å². The van der Waals surface area contributed by atoms with Crippen molar-refractivity contribution in [1.29, 1.82) is 0 Å². The predicted octanol–water partition coefficient (Wildman–Crippen LogP) is 13.7. The maximum Gasteiger partial charge on any atom is 0.0696 e. The van der Waals surface area contributed by atoms with E-state index in [0.29, 0.717) is 5.92 Å². The van der Waals surface area contributed by atoms with Crippen molar-refractivity contribution in [1.82, 2.24) is 9.97 Å². The third-order valence-corrected chi connectivity index (χ3v) is 9.41. The molecule has 0 bridgehead atoms. The van der Waals surface area contributed by atoms with Gasteiger partial charge in [0.05, 0.1) is 11.4 Å². The topological polar surface area (TPSA) is 25.8 Å². The quantitative estimate of drug-likeness (QED) is 0.0963. The summed E-state index contributed by atoms with van der Waals surface area (Å²) < 4.78 is 0. The van der Waals surface area contributed by atoms with E-state index in [0.717, 1.165) is 46.5 Å². The van der Waals surface area contributed by atoms with Crippen LogP contribution < -0.4 is 0 Å². The van der Waals surface area contributed by atoms with Crippen LogP contribution in [0.15, 0.2) is 171 Å². The van der Waals surface area contributed by atoms with Gasteiger partial charge < -0.3 is 0 Å². The van der Waals surface area contributed by atoms with E-state index in [9.17, 15) is 0 Å². The minimum absolute atomic E-state index is 0.557. The van der Waals surface area contributed by atoms with Gasteiger partial charge >= 0.3 is 0 Å². The Hall–Kier alpha value is -5.86. The third kappa shape index (κ3) is 8.14. The summed E-state index contributed by atoms with van der Waals surface area (Å²) in [6.07, 6.45) is 23.3. The van der Waals surface area contributed by atoms with Crippen LogP contribution in [0.2, 0.25) is 0 Å². The van der Waals surface area contributed by atoms with Crippen LogP contribution >= 0.6 is 0 Å². The summed E-state index contributed by atoms with van der Waals surface area (Å²) in [6.45, 7) is 13.0. The van der Waals surface area contributed by atoms with E-state index >= 15 is 0 Å². The summed E-state index contributed by atoms with van der Waals surface area (Å²) in [5.41, 5.74) is 10.8. The van der Waals surface area contributed by atoms with E-state index in [1.54, 1.807) is 0 Å². The molecule has 2 heterocycles. The molecule has 0 spiro atoms. The van der Waals surface area contributed by atoms with Gasteiger partial charge in [0.25, 0.3) is 0 Å². The molecule has 0 N–H and O–H groups in total. The molecule has 6 rings (SSSR count). The smallest absolute Gasteiger partial charge is 0.0696 e. The molecular weight excluding hydrogens is 617 g/mol. The number of hydrogen-bond acceptors (Lipinski definition) is 2. The molecule has 0 saturated carbocycles. The summed E-state index contributed by atoms with van der Waals surface area (Å²) in [6, 6.07) is 36.6. The van der Waals surface area contributed by atoms with E-state index in [4.69, 9.17) is 4.98 Å². The number of hydrogen-bond donors (Lipinski definition) is 0. The van der Waals surface area contributed by atoms with E-state index in [1.165, 1.54) is 43.8 Å². The first-order valence-corrected chi connectivity index (χ1v) is 18.0. The fourth-order valence-electron chi connectivity index (χ4n) is 6.35. The highest BCUT2D eigenvalue weighted by Gasteiger charge is 2.18. The molecular formula is C49H46N2. The van der Waals surface area contributed by atoms with Gasteiger partial charge in [0, 0.05) is 18.0 Å². The van der Waals surface area contributed by atoms with Gasteiger partial charge in [-0.1, -0.05) is 161 Å². The number of benzene rings is 4. The SMILES string of the molecule is C=C(/C=C\C=C/C(C)CC)c1ccc(-c2c3ccccc3c(C(/C=C\CC)=C/C=C(\C)c3ccccn3)c3cc(-c4ccccc4)ccc23)cn1. The lowest BCUT2D eigenvalue weighted by atomic mass is 9.84. The molecule has 1 atom stereocenters. The normalized spacial score (nSPS) is 13.3. The maximum atomic E-state index is 4.93. The van der Waals surface area contributed by atoms with Crippen LogP contribution in [0.4, 0.5) is 0 Å². The zero-order chi connectivity index (χ0) is 35.6. The van der Waals surface area contributed by atoms with E-state index in [-0.39, 0.29) is 0 Å². The average molecular weight is 663 g/mol. The van der Waals surface area contributed by atoms with Crippen LogP contribution in [-0.2, 0) is 0 Å². The van der Waals surface area contributed by atoms with Gasteiger partial charge in [-0.25, -0.2) is 0 Å². The summed E-state index contributed by atoms with van der Waals surface area (Å²) in [4.78, 5) is 9.52. The molecule has 252 valence electrons. The van der Waals surface area contributed by atoms with E-state index in [2.05, 4.69) is 173 Å². The minimum Gasteiger partial charge on any atom is -0.257 e. The summed E-state index contributed by atoms with van der Waals surface area (Å²) in [5.74, 6) is 0.557.